The van der Waals surface area contributed by atoms with Crippen molar-refractivity contribution in [2.75, 3.05) is 33.4 Å². The van der Waals surface area contributed by atoms with Crippen molar-refractivity contribution >= 4 is 11.8 Å². The van der Waals surface area contributed by atoms with Crippen molar-refractivity contribution in [2.45, 2.75) is 31.6 Å². The third kappa shape index (κ3) is 4.26. The maximum absolute atomic E-state index is 12.0. The Kier molecular flexibility index (Phi) is 6.61. The number of benzene rings is 1. The molecule has 1 aliphatic heterocycles. The van der Waals surface area contributed by atoms with Crippen molar-refractivity contribution in [1.82, 2.24) is 10.6 Å². The Bertz CT molecular complexity index is 568. The average Bonchev–Trinajstić information content (AvgIpc) is 2.64. The smallest absolute Gasteiger partial charge is 0.309 e. The summed E-state index contributed by atoms with van der Waals surface area (Å²) in [6.45, 7) is 4.07. The maximum atomic E-state index is 12.0. The van der Waals surface area contributed by atoms with Gasteiger partial charge in [-0.1, -0.05) is 25.1 Å². The Morgan fingerprint density at radius 3 is 2.50 bits per heavy atom. The number of para-hydroxylation sites is 1. The summed E-state index contributed by atoms with van der Waals surface area (Å²) in [4.78, 5) is 23.8. The van der Waals surface area contributed by atoms with Gasteiger partial charge < -0.3 is 20.1 Å². The Labute approximate surface area is 142 Å². The number of rotatable bonds is 6. The lowest BCUT2D eigenvalue weighted by Crippen LogP contribution is -2.48. The van der Waals surface area contributed by atoms with Gasteiger partial charge in [0.05, 0.1) is 7.11 Å². The summed E-state index contributed by atoms with van der Waals surface area (Å²) in [6, 6.07) is 7.83. The van der Waals surface area contributed by atoms with Crippen LogP contribution < -0.4 is 15.4 Å². The summed E-state index contributed by atoms with van der Waals surface area (Å²) in [7, 11) is 1.64. The first-order valence-electron chi connectivity index (χ1n) is 8.40. The highest BCUT2D eigenvalue weighted by molar-refractivity contribution is 6.35. The van der Waals surface area contributed by atoms with E-state index in [4.69, 9.17) is 9.47 Å². The van der Waals surface area contributed by atoms with Crippen LogP contribution in [0.4, 0.5) is 0 Å². The fourth-order valence-electron chi connectivity index (χ4n) is 3.03. The molecule has 0 spiro atoms. The molecule has 0 saturated carbocycles. The number of hydrogen-bond donors (Lipinski definition) is 2. The van der Waals surface area contributed by atoms with Gasteiger partial charge in [-0.2, -0.15) is 0 Å². The van der Waals surface area contributed by atoms with Gasteiger partial charge in [0, 0.05) is 37.3 Å². The first-order valence-corrected chi connectivity index (χ1v) is 8.40. The van der Waals surface area contributed by atoms with Gasteiger partial charge in [-0.25, -0.2) is 0 Å². The zero-order valence-electron chi connectivity index (χ0n) is 14.4. The molecular weight excluding hydrogens is 308 g/mol. The summed E-state index contributed by atoms with van der Waals surface area (Å²) in [5.41, 5.74) is 0.760. The highest BCUT2D eigenvalue weighted by atomic mass is 16.5. The predicted octanol–water partition coefficient (Wildman–Crippen LogP) is 1.39. The summed E-state index contributed by atoms with van der Waals surface area (Å²) < 4.78 is 11.0. The lowest BCUT2D eigenvalue weighted by atomic mass is 9.73. The topological polar surface area (TPSA) is 76.7 Å². The molecule has 0 aromatic heterocycles. The molecule has 0 bridgehead atoms. The van der Waals surface area contributed by atoms with E-state index < -0.39 is 11.8 Å². The van der Waals surface area contributed by atoms with E-state index in [0.717, 1.165) is 30.6 Å². The minimum absolute atomic E-state index is 0.286. The monoisotopic (exact) mass is 334 g/mol. The molecule has 0 atom stereocenters. The van der Waals surface area contributed by atoms with Crippen LogP contribution >= 0.6 is 0 Å². The third-order valence-electron chi connectivity index (χ3n) is 4.46. The number of methoxy groups -OCH3 is 1. The second kappa shape index (κ2) is 8.68. The number of amides is 2. The molecule has 1 aliphatic rings. The third-order valence-corrected chi connectivity index (χ3v) is 4.46. The predicted molar refractivity (Wildman–Crippen MR) is 91.0 cm³/mol. The molecule has 6 nitrogen and oxygen atoms in total. The Morgan fingerprint density at radius 1 is 1.17 bits per heavy atom. The van der Waals surface area contributed by atoms with E-state index in [-0.39, 0.29) is 5.41 Å². The van der Waals surface area contributed by atoms with Crippen LogP contribution in [-0.2, 0) is 19.7 Å². The molecule has 2 amide bonds. The first-order chi connectivity index (χ1) is 11.6. The standard InChI is InChI=1S/C18H26N2O4/c1-3-10-19-16(21)17(22)20-13-18(8-11-24-12-9-18)14-6-4-5-7-15(14)23-2/h4-7H,3,8-13H2,1-2H3,(H,19,21)(H,20,22). The van der Waals surface area contributed by atoms with E-state index in [1.807, 2.05) is 31.2 Å². The average molecular weight is 334 g/mol. The van der Waals surface area contributed by atoms with E-state index in [0.29, 0.717) is 26.3 Å². The first kappa shape index (κ1) is 18.3. The van der Waals surface area contributed by atoms with Gasteiger partial charge in [-0.15, -0.1) is 0 Å². The van der Waals surface area contributed by atoms with Crippen LogP contribution in [-0.4, -0.2) is 45.2 Å². The molecule has 6 heteroatoms. The van der Waals surface area contributed by atoms with Crippen molar-refractivity contribution < 1.29 is 19.1 Å². The molecule has 2 rings (SSSR count). The van der Waals surface area contributed by atoms with Crippen LogP contribution in [0.1, 0.15) is 31.7 Å². The molecule has 132 valence electrons. The van der Waals surface area contributed by atoms with Gasteiger partial charge in [-0.3, -0.25) is 9.59 Å². The molecule has 1 fully saturated rings. The van der Waals surface area contributed by atoms with Gasteiger partial charge in [0.2, 0.25) is 0 Å². The number of hydrogen-bond acceptors (Lipinski definition) is 4. The molecule has 0 unspecified atom stereocenters. The van der Waals surface area contributed by atoms with Crippen LogP contribution in [0.15, 0.2) is 24.3 Å². The molecule has 2 N–H and O–H groups in total. The van der Waals surface area contributed by atoms with Crippen LogP contribution in [0.5, 0.6) is 5.75 Å². The lowest BCUT2D eigenvalue weighted by Gasteiger charge is -2.38. The van der Waals surface area contributed by atoms with Crippen LogP contribution in [0.25, 0.3) is 0 Å². The lowest BCUT2D eigenvalue weighted by molar-refractivity contribution is -0.139. The summed E-state index contributed by atoms with van der Waals surface area (Å²) in [5.74, 6) is -0.382. The van der Waals surface area contributed by atoms with Gasteiger partial charge in [0.25, 0.3) is 0 Å². The Morgan fingerprint density at radius 2 is 1.83 bits per heavy atom. The largest absolute Gasteiger partial charge is 0.496 e. The molecule has 0 radical (unpaired) electrons. The zero-order chi connectivity index (χ0) is 17.4. The highest BCUT2D eigenvalue weighted by Crippen LogP contribution is 2.39. The highest BCUT2D eigenvalue weighted by Gasteiger charge is 2.37. The Balaban J connectivity index is 2.14. The normalized spacial score (nSPS) is 16.2. The second-order valence-corrected chi connectivity index (χ2v) is 6.03. The minimum Gasteiger partial charge on any atom is -0.496 e. The SMILES string of the molecule is CCCNC(=O)C(=O)NCC1(c2ccccc2OC)CCOCC1. The molecule has 1 aromatic rings. The van der Waals surface area contributed by atoms with E-state index in [9.17, 15) is 9.59 Å². The fourth-order valence-corrected chi connectivity index (χ4v) is 3.03. The molecule has 1 heterocycles. The molecule has 1 aromatic carbocycles. The van der Waals surface area contributed by atoms with Crippen LogP contribution in [0.3, 0.4) is 0 Å². The fraction of sp³-hybridized carbons (Fsp3) is 0.556. The van der Waals surface area contributed by atoms with Crippen LogP contribution in [0, 0.1) is 0 Å². The molecule has 1 saturated heterocycles. The van der Waals surface area contributed by atoms with E-state index in [2.05, 4.69) is 10.6 Å². The van der Waals surface area contributed by atoms with Crippen LogP contribution in [0.2, 0.25) is 0 Å². The van der Waals surface area contributed by atoms with Gasteiger partial charge in [0.1, 0.15) is 5.75 Å². The van der Waals surface area contributed by atoms with E-state index in [1.165, 1.54) is 0 Å². The quantitative estimate of drug-likeness (QED) is 0.771. The van der Waals surface area contributed by atoms with Crippen molar-refractivity contribution in [3.05, 3.63) is 29.8 Å². The van der Waals surface area contributed by atoms with Crippen molar-refractivity contribution in [3.8, 4) is 5.75 Å². The van der Waals surface area contributed by atoms with Crippen molar-refractivity contribution in [3.63, 3.8) is 0 Å². The minimum atomic E-state index is -0.593. The number of carbonyl (C=O) groups is 2. The van der Waals surface area contributed by atoms with Gasteiger partial charge in [-0.05, 0) is 25.3 Å². The summed E-state index contributed by atoms with van der Waals surface area (Å²) in [5, 5.41) is 5.38. The van der Waals surface area contributed by atoms with E-state index in [1.54, 1.807) is 7.11 Å². The Hall–Kier alpha value is -2.08. The summed E-state index contributed by atoms with van der Waals surface area (Å²) in [6.07, 6.45) is 2.33. The zero-order valence-corrected chi connectivity index (χ0v) is 14.4. The molecule has 24 heavy (non-hydrogen) atoms. The number of ether oxygens (including phenoxy) is 2. The number of carbonyl (C=O) groups excluding carboxylic acids is 2. The number of nitrogens with one attached hydrogen (secondary N) is 2. The molecule has 0 aliphatic carbocycles. The van der Waals surface area contributed by atoms with Gasteiger partial charge in [0.15, 0.2) is 0 Å². The second-order valence-electron chi connectivity index (χ2n) is 6.03. The van der Waals surface area contributed by atoms with Crippen molar-refractivity contribution in [1.29, 1.82) is 0 Å². The summed E-state index contributed by atoms with van der Waals surface area (Å²) >= 11 is 0. The van der Waals surface area contributed by atoms with Crippen molar-refractivity contribution in [2.24, 2.45) is 0 Å². The molecular formula is C18H26N2O4. The van der Waals surface area contributed by atoms with E-state index >= 15 is 0 Å². The maximum Gasteiger partial charge on any atom is 0.309 e. The van der Waals surface area contributed by atoms with Gasteiger partial charge >= 0.3 is 11.8 Å².